The summed E-state index contributed by atoms with van der Waals surface area (Å²) in [6.45, 7) is 0. The number of hydrogen-bond acceptors (Lipinski definition) is 4. The third-order valence-electron chi connectivity index (χ3n) is 2.24. The van der Waals surface area contributed by atoms with E-state index in [1.54, 1.807) is 25.3 Å². The second-order valence-electron chi connectivity index (χ2n) is 3.36. The first-order valence-corrected chi connectivity index (χ1v) is 5.90. The van der Waals surface area contributed by atoms with Crippen LogP contribution in [0.5, 0.6) is 5.75 Å². The van der Waals surface area contributed by atoms with Crippen LogP contribution in [0, 0.1) is 0 Å². The van der Waals surface area contributed by atoms with Crippen molar-refractivity contribution in [3.8, 4) is 5.75 Å². The smallest absolute Gasteiger partial charge is 0.337 e. The van der Waals surface area contributed by atoms with E-state index in [4.69, 9.17) is 4.74 Å². The highest BCUT2D eigenvalue weighted by atomic mass is 32.1. The highest BCUT2D eigenvalue weighted by molar-refractivity contribution is 7.80. The Labute approximate surface area is 107 Å². The van der Waals surface area contributed by atoms with E-state index in [0.29, 0.717) is 5.56 Å². The Morgan fingerprint density at radius 1 is 1.41 bits per heavy atom. The summed E-state index contributed by atoms with van der Waals surface area (Å²) >= 11 is 4.13. The van der Waals surface area contributed by atoms with Gasteiger partial charge in [0.05, 0.1) is 19.8 Å². The second kappa shape index (κ2) is 7.01. The Balaban J connectivity index is 3.02. The quantitative estimate of drug-likeness (QED) is 0.646. The van der Waals surface area contributed by atoms with Crippen LogP contribution in [0.3, 0.4) is 0 Å². The molecule has 0 atom stereocenters. The highest BCUT2D eigenvalue weighted by Gasteiger charge is 2.08. The van der Waals surface area contributed by atoms with Gasteiger partial charge in [-0.05, 0) is 30.4 Å². The van der Waals surface area contributed by atoms with Gasteiger partial charge in [-0.1, -0.05) is 12.2 Å². The maximum Gasteiger partial charge on any atom is 0.337 e. The number of thiol groups is 1. The van der Waals surface area contributed by atoms with E-state index in [-0.39, 0.29) is 5.97 Å². The van der Waals surface area contributed by atoms with E-state index in [9.17, 15) is 4.79 Å². The molecule has 0 aromatic heterocycles. The third-order valence-corrected chi connectivity index (χ3v) is 2.50. The monoisotopic (exact) mass is 252 g/mol. The molecule has 0 N–H and O–H groups in total. The van der Waals surface area contributed by atoms with Crippen molar-refractivity contribution in [2.45, 2.75) is 6.42 Å². The number of carbonyl (C=O) groups excluding carboxylic acids is 1. The summed E-state index contributed by atoms with van der Waals surface area (Å²) in [5.74, 6) is 1.17. The van der Waals surface area contributed by atoms with Gasteiger partial charge >= 0.3 is 5.97 Å². The molecule has 0 heterocycles. The van der Waals surface area contributed by atoms with Crippen LogP contribution < -0.4 is 4.74 Å². The summed E-state index contributed by atoms with van der Waals surface area (Å²) in [6.07, 6.45) is 4.78. The summed E-state index contributed by atoms with van der Waals surface area (Å²) in [5.41, 5.74) is 1.37. The fourth-order valence-electron chi connectivity index (χ4n) is 1.39. The van der Waals surface area contributed by atoms with Gasteiger partial charge in [0.15, 0.2) is 0 Å². The van der Waals surface area contributed by atoms with Gasteiger partial charge in [-0.25, -0.2) is 4.79 Å². The number of benzene rings is 1. The van der Waals surface area contributed by atoms with Gasteiger partial charge in [0, 0.05) is 5.56 Å². The number of hydrogen-bond donors (Lipinski definition) is 1. The average Bonchev–Trinajstić information content (AvgIpc) is 2.38. The zero-order valence-electron chi connectivity index (χ0n) is 9.97. The number of rotatable bonds is 5. The molecule has 0 saturated carbocycles. The van der Waals surface area contributed by atoms with Crippen LogP contribution in [0.25, 0.3) is 6.08 Å². The van der Waals surface area contributed by atoms with Gasteiger partial charge in [0.1, 0.15) is 5.75 Å². The van der Waals surface area contributed by atoms with E-state index in [0.717, 1.165) is 23.5 Å². The van der Waals surface area contributed by atoms with Crippen molar-refractivity contribution in [3.05, 3.63) is 35.4 Å². The molecule has 0 fully saturated rings. The Hall–Kier alpha value is -1.42. The maximum atomic E-state index is 11.4. The molecule has 0 aliphatic carbocycles. The largest absolute Gasteiger partial charge is 0.496 e. The van der Waals surface area contributed by atoms with Crippen molar-refractivity contribution < 1.29 is 14.3 Å². The number of ether oxygens (including phenoxy) is 2. The van der Waals surface area contributed by atoms with E-state index < -0.39 is 0 Å². The number of esters is 1. The van der Waals surface area contributed by atoms with Gasteiger partial charge in [-0.2, -0.15) is 12.6 Å². The molecule has 0 unspecified atom stereocenters. The molecule has 0 aliphatic rings. The Morgan fingerprint density at radius 3 is 2.76 bits per heavy atom. The summed E-state index contributed by atoms with van der Waals surface area (Å²) in [4.78, 5) is 11.4. The normalized spacial score (nSPS) is 10.5. The Morgan fingerprint density at radius 2 is 2.18 bits per heavy atom. The fraction of sp³-hybridized carbons (Fsp3) is 0.308. The van der Waals surface area contributed by atoms with Crippen LogP contribution in [-0.2, 0) is 4.74 Å². The van der Waals surface area contributed by atoms with Crippen molar-refractivity contribution in [1.82, 2.24) is 0 Å². The minimum absolute atomic E-state index is 0.350. The van der Waals surface area contributed by atoms with Crippen molar-refractivity contribution in [2.75, 3.05) is 20.0 Å². The van der Waals surface area contributed by atoms with Crippen molar-refractivity contribution in [3.63, 3.8) is 0 Å². The lowest BCUT2D eigenvalue weighted by atomic mass is 10.1. The molecule has 17 heavy (non-hydrogen) atoms. The summed E-state index contributed by atoms with van der Waals surface area (Å²) < 4.78 is 9.90. The van der Waals surface area contributed by atoms with Gasteiger partial charge in [0.25, 0.3) is 0 Å². The molecule has 0 radical (unpaired) electrons. The topological polar surface area (TPSA) is 35.5 Å². The van der Waals surface area contributed by atoms with Crippen molar-refractivity contribution in [2.24, 2.45) is 0 Å². The highest BCUT2D eigenvalue weighted by Crippen LogP contribution is 2.22. The molecule has 1 rings (SSSR count). The predicted molar refractivity (Wildman–Crippen MR) is 71.8 cm³/mol. The van der Waals surface area contributed by atoms with Crippen LogP contribution in [0.2, 0.25) is 0 Å². The molecule has 92 valence electrons. The SMILES string of the molecule is COC(=O)c1ccc(OC)c(C=CCCS)c1. The molecule has 1 aromatic rings. The zero-order chi connectivity index (χ0) is 12.7. The number of carbonyl (C=O) groups is 1. The lowest BCUT2D eigenvalue weighted by Gasteiger charge is -2.06. The molecule has 1 aromatic carbocycles. The summed E-state index contributed by atoms with van der Waals surface area (Å²) in [7, 11) is 2.96. The van der Waals surface area contributed by atoms with Gasteiger partial charge in [0.2, 0.25) is 0 Å². The molecule has 0 saturated heterocycles. The Kier molecular flexibility index (Phi) is 5.63. The average molecular weight is 252 g/mol. The van der Waals surface area contributed by atoms with Gasteiger partial charge in [-0.3, -0.25) is 0 Å². The second-order valence-corrected chi connectivity index (χ2v) is 3.81. The minimum Gasteiger partial charge on any atom is -0.496 e. The molecule has 0 bridgehead atoms. The Bertz CT molecular complexity index is 413. The number of methoxy groups -OCH3 is 2. The first-order chi connectivity index (χ1) is 8.22. The fourth-order valence-corrected chi connectivity index (χ4v) is 1.54. The molecule has 0 amide bonds. The van der Waals surface area contributed by atoms with Crippen LogP contribution in [0.4, 0.5) is 0 Å². The predicted octanol–water partition coefficient (Wildman–Crippen LogP) is 2.81. The van der Waals surface area contributed by atoms with E-state index in [1.165, 1.54) is 7.11 Å². The summed E-state index contributed by atoms with van der Waals surface area (Å²) in [6, 6.07) is 5.19. The summed E-state index contributed by atoms with van der Waals surface area (Å²) in [5, 5.41) is 0. The minimum atomic E-state index is -0.350. The molecule has 3 nitrogen and oxygen atoms in total. The van der Waals surface area contributed by atoms with Crippen LogP contribution in [0.15, 0.2) is 24.3 Å². The van der Waals surface area contributed by atoms with E-state index in [2.05, 4.69) is 17.4 Å². The standard InChI is InChI=1S/C13H16O3S/c1-15-12-7-6-11(13(14)16-2)9-10(12)5-3-4-8-17/h3,5-7,9,17H,4,8H2,1-2H3. The molecule has 0 spiro atoms. The third kappa shape index (κ3) is 3.82. The molecular weight excluding hydrogens is 236 g/mol. The maximum absolute atomic E-state index is 11.4. The van der Waals surface area contributed by atoms with E-state index in [1.807, 2.05) is 12.2 Å². The van der Waals surface area contributed by atoms with Gasteiger partial charge in [-0.15, -0.1) is 0 Å². The van der Waals surface area contributed by atoms with Crippen LogP contribution >= 0.6 is 12.6 Å². The molecule has 0 aliphatic heterocycles. The lowest BCUT2D eigenvalue weighted by molar-refractivity contribution is 0.0600. The van der Waals surface area contributed by atoms with Crippen molar-refractivity contribution >= 4 is 24.7 Å². The lowest BCUT2D eigenvalue weighted by Crippen LogP contribution is -2.01. The van der Waals surface area contributed by atoms with Crippen LogP contribution in [-0.4, -0.2) is 25.9 Å². The molecule has 4 heteroatoms. The van der Waals surface area contributed by atoms with E-state index >= 15 is 0 Å². The van der Waals surface area contributed by atoms with Crippen LogP contribution in [0.1, 0.15) is 22.3 Å². The number of allylic oxidation sites excluding steroid dienone is 1. The first kappa shape index (κ1) is 13.6. The zero-order valence-corrected chi connectivity index (χ0v) is 10.9. The van der Waals surface area contributed by atoms with Gasteiger partial charge < -0.3 is 9.47 Å². The van der Waals surface area contributed by atoms with Crippen molar-refractivity contribution in [1.29, 1.82) is 0 Å². The first-order valence-electron chi connectivity index (χ1n) is 5.26. The molecular formula is C13H16O3S.